The normalized spacial score (nSPS) is 35.5. The average molecular weight is 306 g/mol. The van der Waals surface area contributed by atoms with E-state index in [0.29, 0.717) is 36.5 Å². The van der Waals surface area contributed by atoms with E-state index < -0.39 is 0 Å². The minimum atomic E-state index is 0.165. The van der Waals surface area contributed by atoms with E-state index in [2.05, 4.69) is 35.8 Å². The van der Waals surface area contributed by atoms with Gasteiger partial charge in [-0.25, -0.2) is 0 Å². The Hall–Kier alpha value is -1.00. The highest BCUT2D eigenvalue weighted by atomic mass is 16.1. The summed E-state index contributed by atoms with van der Waals surface area (Å²) in [7, 11) is 0. The monoisotopic (exact) mass is 306 g/mol. The van der Waals surface area contributed by atoms with Crippen molar-refractivity contribution < 1.29 is 9.59 Å². The fourth-order valence-corrected chi connectivity index (χ4v) is 3.44. The van der Waals surface area contributed by atoms with Crippen LogP contribution < -0.4 is 0 Å². The molecule has 2 rings (SSSR count). The third-order valence-corrected chi connectivity index (χ3v) is 5.20. The highest BCUT2D eigenvalue weighted by Crippen LogP contribution is 2.19. The van der Waals surface area contributed by atoms with Crippen molar-refractivity contribution in [3.63, 3.8) is 0 Å². The van der Waals surface area contributed by atoms with Crippen molar-refractivity contribution in [1.29, 1.82) is 0 Å². The van der Waals surface area contributed by atoms with Crippen molar-refractivity contribution in [2.24, 2.45) is 11.8 Å². The van der Waals surface area contributed by atoms with E-state index in [4.69, 9.17) is 0 Å². The number of hydrogen-bond acceptors (Lipinski definition) is 4. The molecule has 0 amide bonds. The van der Waals surface area contributed by atoms with Crippen molar-refractivity contribution in [2.75, 3.05) is 26.2 Å². The largest absolute Gasteiger partial charge is 0.299 e. The zero-order chi connectivity index (χ0) is 16.3. The average Bonchev–Trinajstić information content (AvgIpc) is 2.45. The number of carbonyl (C=O) groups is 2. The first-order valence-corrected chi connectivity index (χ1v) is 8.57. The van der Waals surface area contributed by atoms with E-state index in [-0.39, 0.29) is 11.8 Å². The molecule has 0 spiro atoms. The molecule has 124 valence electrons. The topological polar surface area (TPSA) is 40.6 Å². The van der Waals surface area contributed by atoms with E-state index in [1.807, 2.05) is 13.8 Å². The van der Waals surface area contributed by atoms with Crippen molar-refractivity contribution in [2.45, 2.75) is 52.6 Å². The second kappa shape index (κ2) is 7.51. The predicted octanol–water partition coefficient (Wildman–Crippen LogP) is 2.14. The van der Waals surface area contributed by atoms with Crippen LogP contribution in [0.4, 0.5) is 0 Å². The van der Waals surface area contributed by atoms with Gasteiger partial charge in [-0.3, -0.25) is 19.4 Å². The highest BCUT2D eigenvalue weighted by Gasteiger charge is 2.29. The van der Waals surface area contributed by atoms with Gasteiger partial charge in [0.2, 0.25) is 0 Å². The fourth-order valence-electron chi connectivity index (χ4n) is 3.44. The Kier molecular flexibility index (Phi) is 5.93. The molecule has 0 saturated carbocycles. The quantitative estimate of drug-likeness (QED) is 0.746. The minimum absolute atomic E-state index is 0.165. The van der Waals surface area contributed by atoms with Crippen LogP contribution in [0.15, 0.2) is 12.2 Å². The van der Waals surface area contributed by atoms with Crippen molar-refractivity contribution >= 4 is 11.6 Å². The lowest BCUT2D eigenvalue weighted by Crippen LogP contribution is -2.46. The van der Waals surface area contributed by atoms with Gasteiger partial charge in [0.25, 0.3) is 0 Å². The summed E-state index contributed by atoms with van der Waals surface area (Å²) in [6, 6.07) is 0.694. The molecule has 0 aromatic heterocycles. The first-order chi connectivity index (χ1) is 10.4. The summed E-state index contributed by atoms with van der Waals surface area (Å²) >= 11 is 0. The Labute approximate surface area is 134 Å². The van der Waals surface area contributed by atoms with Crippen LogP contribution in [0.5, 0.6) is 0 Å². The molecular weight excluding hydrogens is 276 g/mol. The molecule has 4 atom stereocenters. The fraction of sp³-hybridized carbons (Fsp3) is 0.778. The van der Waals surface area contributed by atoms with Gasteiger partial charge in [-0.05, 0) is 13.8 Å². The number of ketones is 2. The second-order valence-corrected chi connectivity index (χ2v) is 7.22. The highest BCUT2D eigenvalue weighted by molar-refractivity contribution is 5.82. The summed E-state index contributed by atoms with van der Waals surface area (Å²) in [5.41, 5.74) is 0. The van der Waals surface area contributed by atoms with Crippen LogP contribution in [0.3, 0.4) is 0 Å². The van der Waals surface area contributed by atoms with Crippen LogP contribution in [0.25, 0.3) is 0 Å². The number of piperidine rings is 2. The van der Waals surface area contributed by atoms with Crippen LogP contribution in [-0.2, 0) is 9.59 Å². The molecule has 2 heterocycles. The number of Topliss-reactive ketones (excluding diaryl/α,β-unsaturated/α-hetero) is 2. The van der Waals surface area contributed by atoms with Gasteiger partial charge >= 0.3 is 0 Å². The number of nitrogens with zero attached hydrogens (tertiary/aromatic N) is 2. The SMILES string of the molecule is C[C@@H]1CN(C/C=C/CN2C[C@H](C)C(=O)C[C@@H]2C)[C@H](C)CC1=O. The smallest absolute Gasteiger partial charge is 0.138 e. The molecular formula is C18H30N2O2. The molecule has 0 aromatic carbocycles. The van der Waals surface area contributed by atoms with E-state index in [9.17, 15) is 9.59 Å². The van der Waals surface area contributed by atoms with Crippen LogP contribution in [0.1, 0.15) is 40.5 Å². The van der Waals surface area contributed by atoms with Crippen molar-refractivity contribution in [1.82, 2.24) is 9.80 Å². The van der Waals surface area contributed by atoms with Gasteiger partial charge in [-0.15, -0.1) is 0 Å². The number of likely N-dealkylation sites (tertiary alicyclic amines) is 2. The molecule has 4 nitrogen and oxygen atoms in total. The predicted molar refractivity (Wildman–Crippen MR) is 88.8 cm³/mol. The molecule has 0 bridgehead atoms. The Morgan fingerprint density at radius 3 is 1.55 bits per heavy atom. The molecule has 2 fully saturated rings. The Bertz CT molecular complexity index is 406. The maximum absolute atomic E-state index is 11.7. The van der Waals surface area contributed by atoms with Gasteiger partial charge in [0, 0.05) is 62.9 Å². The summed E-state index contributed by atoms with van der Waals surface area (Å²) in [5, 5.41) is 0. The summed E-state index contributed by atoms with van der Waals surface area (Å²) in [4.78, 5) is 28.2. The Morgan fingerprint density at radius 1 is 0.818 bits per heavy atom. The molecule has 0 N–H and O–H groups in total. The lowest BCUT2D eigenvalue weighted by molar-refractivity contribution is -0.127. The molecule has 0 radical (unpaired) electrons. The second-order valence-electron chi connectivity index (χ2n) is 7.22. The van der Waals surface area contributed by atoms with Crippen LogP contribution in [0.2, 0.25) is 0 Å². The molecule has 0 aromatic rings. The third kappa shape index (κ3) is 4.26. The first-order valence-electron chi connectivity index (χ1n) is 8.57. The van der Waals surface area contributed by atoms with Gasteiger partial charge in [0.1, 0.15) is 11.6 Å². The third-order valence-electron chi connectivity index (χ3n) is 5.20. The minimum Gasteiger partial charge on any atom is -0.299 e. The molecule has 2 aliphatic rings. The van der Waals surface area contributed by atoms with E-state index in [1.54, 1.807) is 0 Å². The zero-order valence-electron chi connectivity index (χ0n) is 14.4. The van der Waals surface area contributed by atoms with Gasteiger partial charge in [0.05, 0.1) is 0 Å². The van der Waals surface area contributed by atoms with Gasteiger partial charge in [0.15, 0.2) is 0 Å². The molecule has 0 aliphatic carbocycles. The molecule has 2 aliphatic heterocycles. The molecule has 0 unspecified atom stereocenters. The van der Waals surface area contributed by atoms with Crippen molar-refractivity contribution in [3.8, 4) is 0 Å². The molecule has 22 heavy (non-hydrogen) atoms. The van der Waals surface area contributed by atoms with E-state index in [1.165, 1.54) is 0 Å². The van der Waals surface area contributed by atoms with Crippen LogP contribution in [-0.4, -0.2) is 59.6 Å². The van der Waals surface area contributed by atoms with Gasteiger partial charge in [-0.2, -0.15) is 0 Å². The Balaban J connectivity index is 1.78. The van der Waals surface area contributed by atoms with E-state index in [0.717, 1.165) is 26.2 Å². The maximum atomic E-state index is 11.7. The van der Waals surface area contributed by atoms with E-state index >= 15 is 0 Å². The molecule has 2 saturated heterocycles. The van der Waals surface area contributed by atoms with Gasteiger partial charge < -0.3 is 0 Å². The summed E-state index contributed by atoms with van der Waals surface area (Å²) < 4.78 is 0. The zero-order valence-corrected chi connectivity index (χ0v) is 14.4. The van der Waals surface area contributed by atoms with Gasteiger partial charge in [-0.1, -0.05) is 26.0 Å². The Morgan fingerprint density at radius 2 is 1.18 bits per heavy atom. The lowest BCUT2D eigenvalue weighted by atomic mass is 9.93. The summed E-state index contributed by atoms with van der Waals surface area (Å²) in [5.74, 6) is 1.12. The molecule has 4 heteroatoms. The maximum Gasteiger partial charge on any atom is 0.138 e. The standard InChI is InChI=1S/C18H30N2O2/c1-13-11-19(15(3)9-17(13)21)7-5-6-8-20-12-14(2)18(22)10-16(20)4/h5-6,13-16H,7-12H2,1-4H3/b6-5+/t13-,14+,15-,16+. The number of rotatable bonds is 4. The van der Waals surface area contributed by atoms with Crippen molar-refractivity contribution in [3.05, 3.63) is 12.2 Å². The number of carbonyl (C=O) groups excluding carboxylic acids is 2. The summed E-state index contributed by atoms with van der Waals surface area (Å²) in [6.45, 7) is 11.9. The summed E-state index contributed by atoms with van der Waals surface area (Å²) in [6.07, 6.45) is 5.79. The van der Waals surface area contributed by atoms with Crippen LogP contribution in [0, 0.1) is 11.8 Å². The number of hydrogen-bond donors (Lipinski definition) is 0. The lowest BCUT2D eigenvalue weighted by Gasteiger charge is -2.36. The first kappa shape index (κ1) is 17.4. The van der Waals surface area contributed by atoms with Crippen LogP contribution >= 0.6 is 0 Å².